The van der Waals surface area contributed by atoms with Crippen LogP contribution in [0.4, 0.5) is 4.79 Å². The summed E-state index contributed by atoms with van der Waals surface area (Å²) < 4.78 is 11.3. The molecule has 5 nitrogen and oxygen atoms in total. The van der Waals surface area contributed by atoms with Gasteiger partial charge in [0.1, 0.15) is 5.60 Å². The lowest BCUT2D eigenvalue weighted by Gasteiger charge is -2.39. The van der Waals surface area contributed by atoms with E-state index in [1.807, 2.05) is 26.8 Å². The number of nitrogens with zero attached hydrogens (tertiary/aromatic N) is 2. The van der Waals surface area contributed by atoms with Crippen molar-refractivity contribution in [2.24, 2.45) is 0 Å². The minimum absolute atomic E-state index is 0.164. The van der Waals surface area contributed by atoms with Crippen molar-refractivity contribution in [1.29, 1.82) is 0 Å². The molecule has 0 radical (unpaired) electrons. The molecule has 3 rings (SSSR count). The van der Waals surface area contributed by atoms with Gasteiger partial charge in [-0.2, -0.15) is 0 Å². The molecule has 1 unspecified atom stereocenters. The van der Waals surface area contributed by atoms with Crippen molar-refractivity contribution >= 4 is 17.7 Å². The minimum Gasteiger partial charge on any atom is -0.444 e. The number of hydrogen-bond donors (Lipinski definition) is 0. The van der Waals surface area contributed by atoms with Crippen LogP contribution >= 0.6 is 11.6 Å². The fourth-order valence-electron chi connectivity index (χ4n) is 3.49. The zero-order valence-electron chi connectivity index (χ0n) is 15.5. The average molecular weight is 367 g/mol. The molecule has 1 fully saturated rings. The molecule has 1 atom stereocenters. The summed E-state index contributed by atoms with van der Waals surface area (Å²) in [5.74, 6) is 0. The molecule has 0 bridgehead atoms. The van der Waals surface area contributed by atoms with E-state index in [1.54, 1.807) is 4.90 Å². The lowest BCUT2D eigenvalue weighted by Crippen LogP contribution is -2.46. The van der Waals surface area contributed by atoms with Crippen LogP contribution in [0, 0.1) is 0 Å². The van der Waals surface area contributed by atoms with Crippen molar-refractivity contribution in [2.45, 2.75) is 45.4 Å². The molecule has 138 valence electrons. The van der Waals surface area contributed by atoms with Gasteiger partial charge in [0.05, 0.1) is 19.3 Å². The Balaban J connectivity index is 1.95. The van der Waals surface area contributed by atoms with Gasteiger partial charge in [-0.3, -0.25) is 4.90 Å². The number of morpholine rings is 1. The number of carbonyl (C=O) groups excluding carboxylic acids is 1. The van der Waals surface area contributed by atoms with Gasteiger partial charge in [0.15, 0.2) is 0 Å². The zero-order chi connectivity index (χ0) is 18.2. The minimum atomic E-state index is -0.520. The van der Waals surface area contributed by atoms with Gasteiger partial charge in [-0.15, -0.1) is 0 Å². The molecule has 0 aliphatic carbocycles. The van der Waals surface area contributed by atoms with Crippen LogP contribution in [0.5, 0.6) is 0 Å². The van der Waals surface area contributed by atoms with E-state index in [0.717, 1.165) is 25.1 Å². The molecule has 0 spiro atoms. The Hall–Kier alpha value is -1.30. The van der Waals surface area contributed by atoms with E-state index < -0.39 is 5.60 Å². The van der Waals surface area contributed by atoms with Gasteiger partial charge in [0.2, 0.25) is 0 Å². The van der Waals surface area contributed by atoms with Crippen molar-refractivity contribution in [1.82, 2.24) is 9.80 Å². The second-order valence-corrected chi connectivity index (χ2v) is 8.32. The highest BCUT2D eigenvalue weighted by Gasteiger charge is 2.34. The van der Waals surface area contributed by atoms with Crippen LogP contribution in [0.2, 0.25) is 5.02 Å². The van der Waals surface area contributed by atoms with E-state index in [9.17, 15) is 4.79 Å². The third-order valence-electron chi connectivity index (χ3n) is 4.65. The van der Waals surface area contributed by atoms with E-state index in [2.05, 4.69) is 18.0 Å². The molecule has 0 aromatic heterocycles. The first-order chi connectivity index (χ1) is 11.7. The van der Waals surface area contributed by atoms with E-state index in [4.69, 9.17) is 21.1 Å². The van der Waals surface area contributed by atoms with Crippen LogP contribution in [-0.4, -0.2) is 54.8 Å². The van der Waals surface area contributed by atoms with Crippen LogP contribution in [-0.2, 0) is 22.4 Å². The van der Waals surface area contributed by atoms with E-state index in [-0.39, 0.29) is 12.1 Å². The lowest BCUT2D eigenvalue weighted by atomic mass is 9.90. The van der Waals surface area contributed by atoms with Gasteiger partial charge >= 0.3 is 6.09 Å². The van der Waals surface area contributed by atoms with Crippen LogP contribution < -0.4 is 0 Å². The predicted octanol–water partition coefficient (Wildman–Crippen LogP) is 3.64. The number of likely N-dealkylation sites (N-methyl/N-ethyl adjacent to an activating group) is 1. The van der Waals surface area contributed by atoms with Crippen molar-refractivity contribution in [2.75, 3.05) is 33.4 Å². The summed E-state index contributed by atoms with van der Waals surface area (Å²) in [6, 6.07) is 3.87. The first-order valence-electron chi connectivity index (χ1n) is 8.82. The Morgan fingerprint density at radius 1 is 1.32 bits per heavy atom. The molecular weight excluding hydrogens is 340 g/mol. The van der Waals surface area contributed by atoms with Crippen LogP contribution in [0.1, 0.15) is 43.5 Å². The van der Waals surface area contributed by atoms with Gasteiger partial charge in [-0.05, 0) is 63.1 Å². The quantitative estimate of drug-likeness (QED) is 0.761. The highest BCUT2D eigenvalue weighted by molar-refractivity contribution is 6.30. The molecule has 0 saturated carbocycles. The van der Waals surface area contributed by atoms with Crippen molar-refractivity contribution < 1.29 is 14.3 Å². The summed E-state index contributed by atoms with van der Waals surface area (Å²) >= 11 is 6.38. The van der Waals surface area contributed by atoms with Crippen LogP contribution in [0.25, 0.3) is 0 Å². The fraction of sp³-hybridized carbons (Fsp3) is 0.632. The molecule has 0 N–H and O–H groups in total. The third kappa shape index (κ3) is 4.27. The molecular formula is C19H27ClN2O3. The lowest BCUT2D eigenvalue weighted by molar-refractivity contribution is -0.0334. The molecule has 1 amide bonds. The van der Waals surface area contributed by atoms with E-state index in [0.29, 0.717) is 24.8 Å². The molecule has 1 aromatic carbocycles. The first-order valence-corrected chi connectivity index (χ1v) is 9.19. The molecule has 1 aromatic rings. The van der Waals surface area contributed by atoms with Gasteiger partial charge in [-0.25, -0.2) is 4.79 Å². The SMILES string of the molecule is CN1CCc2cc(Cl)cc(C3COCCN3C(=O)OC(C)(C)C)c2C1. The Morgan fingerprint density at radius 3 is 2.80 bits per heavy atom. The molecule has 2 aliphatic heterocycles. The number of fused-ring (bicyclic) bond motifs is 1. The largest absolute Gasteiger partial charge is 0.444 e. The Morgan fingerprint density at radius 2 is 2.08 bits per heavy atom. The summed E-state index contributed by atoms with van der Waals surface area (Å²) in [6.07, 6.45) is 0.679. The van der Waals surface area contributed by atoms with Gasteiger partial charge in [-0.1, -0.05) is 11.6 Å². The second kappa shape index (κ2) is 7.14. The first kappa shape index (κ1) is 18.5. The third-order valence-corrected chi connectivity index (χ3v) is 4.87. The van der Waals surface area contributed by atoms with Crippen LogP contribution in [0.3, 0.4) is 0 Å². The normalized spacial score (nSPS) is 21.8. The summed E-state index contributed by atoms with van der Waals surface area (Å²) in [7, 11) is 2.12. The molecule has 1 saturated heterocycles. The number of rotatable bonds is 1. The fourth-order valence-corrected chi connectivity index (χ4v) is 3.74. The highest BCUT2D eigenvalue weighted by atomic mass is 35.5. The smallest absolute Gasteiger partial charge is 0.410 e. The van der Waals surface area contributed by atoms with Gasteiger partial charge < -0.3 is 14.4 Å². The van der Waals surface area contributed by atoms with Crippen molar-refractivity contribution in [3.63, 3.8) is 0 Å². The maximum atomic E-state index is 12.7. The number of amides is 1. The van der Waals surface area contributed by atoms with Gasteiger partial charge in [0, 0.05) is 24.7 Å². The summed E-state index contributed by atoms with van der Waals surface area (Å²) in [5, 5.41) is 0.716. The Labute approximate surface area is 154 Å². The molecule has 25 heavy (non-hydrogen) atoms. The van der Waals surface area contributed by atoms with E-state index >= 15 is 0 Å². The van der Waals surface area contributed by atoms with Gasteiger partial charge in [0.25, 0.3) is 0 Å². The highest BCUT2D eigenvalue weighted by Crippen LogP contribution is 2.34. The average Bonchev–Trinajstić information content (AvgIpc) is 2.53. The zero-order valence-corrected chi connectivity index (χ0v) is 16.2. The molecule has 6 heteroatoms. The second-order valence-electron chi connectivity index (χ2n) is 7.88. The maximum absolute atomic E-state index is 12.7. The number of benzene rings is 1. The monoisotopic (exact) mass is 366 g/mol. The number of hydrogen-bond acceptors (Lipinski definition) is 4. The number of ether oxygens (including phenoxy) is 2. The Kier molecular flexibility index (Phi) is 5.28. The summed E-state index contributed by atoms with van der Waals surface area (Å²) in [5.41, 5.74) is 3.10. The van der Waals surface area contributed by atoms with Crippen molar-refractivity contribution in [3.8, 4) is 0 Å². The Bertz CT molecular complexity index is 657. The van der Waals surface area contributed by atoms with Crippen molar-refractivity contribution in [3.05, 3.63) is 33.8 Å². The summed E-state index contributed by atoms with van der Waals surface area (Å²) in [6.45, 7) is 9.05. The number of carbonyl (C=O) groups is 1. The summed E-state index contributed by atoms with van der Waals surface area (Å²) in [4.78, 5) is 16.8. The predicted molar refractivity (Wildman–Crippen MR) is 98.0 cm³/mol. The van der Waals surface area contributed by atoms with E-state index in [1.165, 1.54) is 11.1 Å². The number of halogens is 1. The topological polar surface area (TPSA) is 42.0 Å². The molecule has 2 heterocycles. The van der Waals surface area contributed by atoms with Crippen LogP contribution in [0.15, 0.2) is 12.1 Å². The molecule has 2 aliphatic rings. The maximum Gasteiger partial charge on any atom is 0.410 e. The standard InChI is InChI=1S/C19H27ClN2O3/c1-19(2,3)25-18(23)22-7-8-24-12-17(22)15-10-14(20)9-13-5-6-21(4)11-16(13)15/h9-10,17H,5-8,11-12H2,1-4H3.